The number of anilines is 1. The van der Waals surface area contributed by atoms with E-state index in [9.17, 15) is 18.0 Å². The number of hydrogen-bond acceptors (Lipinski definition) is 5. The lowest BCUT2D eigenvalue weighted by molar-refractivity contribution is -0.116. The largest absolute Gasteiger partial charge is 0.465 e. The Bertz CT molecular complexity index is 1190. The molecule has 0 unspecified atom stereocenters. The number of carbonyl (C=O) groups excluding carboxylic acids is 2. The number of fused-ring (bicyclic) bond motifs is 1. The average Bonchev–Trinajstić information content (AvgIpc) is 2.76. The fourth-order valence-electron chi connectivity index (χ4n) is 3.07. The zero-order valence-electron chi connectivity index (χ0n) is 16.7. The Kier molecular flexibility index (Phi) is 6.49. The van der Waals surface area contributed by atoms with Crippen molar-refractivity contribution >= 4 is 38.4 Å². The average molecular weight is 426 g/mol. The second-order valence-electron chi connectivity index (χ2n) is 6.53. The number of ether oxygens (including phenoxy) is 1. The fraction of sp³-hybridized carbons (Fsp3) is 0.182. The van der Waals surface area contributed by atoms with Gasteiger partial charge in [-0.2, -0.15) is 4.31 Å². The SMILES string of the molecule is CCN(CC(=O)Nc1ccccc1C(=O)OC)S(=O)(=O)c1ccc2ccccc2c1. The minimum absolute atomic E-state index is 0.112. The summed E-state index contributed by atoms with van der Waals surface area (Å²) in [7, 11) is -2.63. The second kappa shape index (κ2) is 9.06. The van der Waals surface area contributed by atoms with Crippen LogP contribution in [-0.4, -0.2) is 44.8 Å². The van der Waals surface area contributed by atoms with Crippen LogP contribution in [0.3, 0.4) is 0 Å². The second-order valence-corrected chi connectivity index (χ2v) is 8.46. The summed E-state index contributed by atoms with van der Waals surface area (Å²) in [6.45, 7) is 1.39. The summed E-state index contributed by atoms with van der Waals surface area (Å²) in [5, 5.41) is 4.32. The van der Waals surface area contributed by atoms with E-state index in [1.54, 1.807) is 37.3 Å². The molecule has 0 fully saturated rings. The molecule has 1 N–H and O–H groups in total. The van der Waals surface area contributed by atoms with E-state index in [1.807, 2.05) is 24.3 Å². The number of nitrogens with zero attached hydrogens (tertiary/aromatic N) is 1. The first kappa shape index (κ1) is 21.5. The third-order valence-electron chi connectivity index (χ3n) is 4.64. The molecule has 7 nitrogen and oxygen atoms in total. The van der Waals surface area contributed by atoms with Crippen molar-refractivity contribution in [1.82, 2.24) is 4.31 Å². The molecule has 0 aliphatic heterocycles. The van der Waals surface area contributed by atoms with Crippen LogP contribution >= 0.6 is 0 Å². The van der Waals surface area contributed by atoms with Crippen molar-refractivity contribution in [2.75, 3.05) is 25.5 Å². The molecule has 0 saturated carbocycles. The van der Waals surface area contributed by atoms with Crippen LogP contribution in [0, 0.1) is 0 Å². The highest BCUT2D eigenvalue weighted by atomic mass is 32.2. The summed E-state index contributed by atoms with van der Waals surface area (Å²) in [6.07, 6.45) is 0. The van der Waals surface area contributed by atoms with E-state index < -0.39 is 21.9 Å². The third-order valence-corrected chi connectivity index (χ3v) is 6.55. The number of likely N-dealkylation sites (N-methyl/N-ethyl adjacent to an activating group) is 1. The normalized spacial score (nSPS) is 11.4. The van der Waals surface area contributed by atoms with Gasteiger partial charge in [0.1, 0.15) is 0 Å². The summed E-state index contributed by atoms with van der Waals surface area (Å²) in [5.74, 6) is -1.15. The highest BCUT2D eigenvalue weighted by Gasteiger charge is 2.26. The summed E-state index contributed by atoms with van der Waals surface area (Å²) in [4.78, 5) is 24.5. The molecule has 3 aromatic rings. The van der Waals surface area contributed by atoms with Gasteiger partial charge in [-0.15, -0.1) is 0 Å². The standard InChI is InChI=1S/C22H22N2O5S/c1-3-24(15-21(25)23-20-11-7-6-10-19(20)22(26)29-2)30(27,28)18-13-12-16-8-4-5-9-17(16)14-18/h4-14H,3,15H2,1-2H3,(H,23,25). The van der Waals surface area contributed by atoms with Crippen molar-refractivity contribution in [3.63, 3.8) is 0 Å². The van der Waals surface area contributed by atoms with Gasteiger partial charge in [-0.3, -0.25) is 4.79 Å². The molecule has 8 heteroatoms. The number of benzene rings is 3. The Morgan fingerprint density at radius 2 is 1.63 bits per heavy atom. The smallest absolute Gasteiger partial charge is 0.339 e. The molecule has 0 heterocycles. The van der Waals surface area contributed by atoms with Gasteiger partial charge in [0.05, 0.1) is 29.8 Å². The minimum Gasteiger partial charge on any atom is -0.465 e. The molecule has 3 aromatic carbocycles. The molecule has 0 aliphatic rings. The lowest BCUT2D eigenvalue weighted by Crippen LogP contribution is -2.38. The molecule has 30 heavy (non-hydrogen) atoms. The van der Waals surface area contributed by atoms with Crippen molar-refractivity contribution in [3.05, 3.63) is 72.3 Å². The molecule has 0 spiro atoms. The molecule has 156 valence electrons. The van der Waals surface area contributed by atoms with Crippen LogP contribution in [0.5, 0.6) is 0 Å². The zero-order valence-corrected chi connectivity index (χ0v) is 17.5. The Balaban J connectivity index is 1.82. The predicted octanol–water partition coefficient (Wildman–Crippen LogP) is 3.28. The first-order chi connectivity index (χ1) is 14.4. The van der Waals surface area contributed by atoms with Gasteiger partial charge < -0.3 is 10.1 Å². The molecule has 3 rings (SSSR count). The van der Waals surface area contributed by atoms with Crippen LogP contribution < -0.4 is 5.32 Å². The minimum atomic E-state index is -3.88. The van der Waals surface area contributed by atoms with E-state index in [0.717, 1.165) is 15.1 Å². The van der Waals surface area contributed by atoms with E-state index >= 15 is 0 Å². The molecular weight excluding hydrogens is 404 g/mol. The van der Waals surface area contributed by atoms with Crippen LogP contribution in [0.15, 0.2) is 71.6 Å². The van der Waals surface area contributed by atoms with Gasteiger partial charge >= 0.3 is 5.97 Å². The van der Waals surface area contributed by atoms with Crippen LogP contribution in [0.25, 0.3) is 10.8 Å². The summed E-state index contributed by atoms with van der Waals surface area (Å²) >= 11 is 0. The van der Waals surface area contributed by atoms with Crippen molar-refractivity contribution in [1.29, 1.82) is 0 Å². The van der Waals surface area contributed by atoms with Crippen molar-refractivity contribution in [3.8, 4) is 0 Å². The van der Waals surface area contributed by atoms with Crippen LogP contribution in [-0.2, 0) is 19.6 Å². The Labute approximate surface area is 175 Å². The number of rotatable bonds is 7. The summed E-state index contributed by atoms with van der Waals surface area (Å²) in [5.41, 5.74) is 0.447. The lowest BCUT2D eigenvalue weighted by atomic mass is 10.1. The van der Waals surface area contributed by atoms with Crippen LogP contribution in [0.2, 0.25) is 0 Å². The Morgan fingerprint density at radius 1 is 0.967 bits per heavy atom. The van der Waals surface area contributed by atoms with Gasteiger partial charge in [-0.25, -0.2) is 13.2 Å². The summed E-state index contributed by atoms with van der Waals surface area (Å²) < 4.78 is 32.0. The fourth-order valence-corrected chi connectivity index (χ4v) is 4.51. The molecule has 0 atom stereocenters. The monoisotopic (exact) mass is 426 g/mol. The lowest BCUT2D eigenvalue weighted by Gasteiger charge is -2.20. The van der Waals surface area contributed by atoms with Gasteiger partial charge in [-0.1, -0.05) is 49.4 Å². The highest BCUT2D eigenvalue weighted by Crippen LogP contribution is 2.22. The number of hydrogen-bond donors (Lipinski definition) is 1. The van der Waals surface area contributed by atoms with Gasteiger partial charge in [0.2, 0.25) is 15.9 Å². The highest BCUT2D eigenvalue weighted by molar-refractivity contribution is 7.89. The summed E-state index contributed by atoms with van der Waals surface area (Å²) in [6, 6.07) is 18.7. The third kappa shape index (κ3) is 4.50. The van der Waals surface area contributed by atoms with E-state index in [4.69, 9.17) is 4.74 Å². The number of amides is 1. The molecular formula is C22H22N2O5S. The first-order valence-electron chi connectivity index (χ1n) is 9.33. The van der Waals surface area contributed by atoms with Gasteiger partial charge in [0.15, 0.2) is 0 Å². The number of methoxy groups -OCH3 is 1. The molecule has 0 aliphatic carbocycles. The zero-order chi connectivity index (χ0) is 21.7. The maximum atomic E-state index is 13.1. The molecule has 0 aromatic heterocycles. The number of carbonyl (C=O) groups is 2. The Morgan fingerprint density at radius 3 is 2.33 bits per heavy atom. The molecule has 0 saturated heterocycles. The number of nitrogens with one attached hydrogen (secondary N) is 1. The van der Waals surface area contributed by atoms with E-state index in [-0.39, 0.29) is 29.2 Å². The number of sulfonamides is 1. The number of para-hydroxylation sites is 1. The molecule has 0 radical (unpaired) electrons. The van der Waals surface area contributed by atoms with Crippen LogP contribution in [0.4, 0.5) is 5.69 Å². The van der Waals surface area contributed by atoms with Gasteiger partial charge in [0.25, 0.3) is 0 Å². The van der Waals surface area contributed by atoms with Crippen LogP contribution in [0.1, 0.15) is 17.3 Å². The van der Waals surface area contributed by atoms with E-state index in [0.29, 0.717) is 0 Å². The maximum Gasteiger partial charge on any atom is 0.339 e. The molecule has 0 bridgehead atoms. The molecule has 1 amide bonds. The maximum absolute atomic E-state index is 13.1. The van der Waals surface area contributed by atoms with Crippen molar-refractivity contribution < 1.29 is 22.7 Å². The first-order valence-corrected chi connectivity index (χ1v) is 10.8. The van der Waals surface area contributed by atoms with E-state index in [2.05, 4.69) is 5.32 Å². The topological polar surface area (TPSA) is 92.8 Å². The number of esters is 1. The predicted molar refractivity (Wildman–Crippen MR) is 115 cm³/mol. The van der Waals surface area contributed by atoms with Crippen molar-refractivity contribution in [2.45, 2.75) is 11.8 Å². The van der Waals surface area contributed by atoms with Gasteiger partial charge in [0, 0.05) is 6.54 Å². The Hall–Kier alpha value is -3.23. The quantitative estimate of drug-likeness (QED) is 0.586. The van der Waals surface area contributed by atoms with Crippen molar-refractivity contribution in [2.24, 2.45) is 0 Å². The van der Waals surface area contributed by atoms with Gasteiger partial charge in [-0.05, 0) is 35.0 Å². The van der Waals surface area contributed by atoms with E-state index in [1.165, 1.54) is 19.2 Å².